The molecule has 0 saturated heterocycles. The van der Waals surface area contributed by atoms with Crippen LogP contribution in [0.15, 0.2) is 58.2 Å². The molecule has 3 aromatic rings. The molecule has 0 aliphatic rings. The molecule has 2 heterocycles. The summed E-state index contributed by atoms with van der Waals surface area (Å²) < 4.78 is 8.11. The normalized spacial score (nSPS) is 10.7. The van der Waals surface area contributed by atoms with Crippen molar-refractivity contribution in [1.29, 1.82) is 0 Å². The van der Waals surface area contributed by atoms with Crippen molar-refractivity contribution in [3.63, 3.8) is 0 Å². The fraction of sp³-hybridized carbons (Fsp3) is 0.133. The van der Waals surface area contributed by atoms with Crippen molar-refractivity contribution in [3.05, 3.63) is 63.7 Å². The van der Waals surface area contributed by atoms with Crippen molar-refractivity contribution in [1.82, 2.24) is 14.5 Å². The smallest absolute Gasteiger partial charge is 0.262 e. The lowest BCUT2D eigenvalue weighted by atomic mass is 10.3. The zero-order valence-corrected chi connectivity index (χ0v) is 12.7. The summed E-state index contributed by atoms with van der Waals surface area (Å²) in [7, 11) is 0. The Kier molecular flexibility index (Phi) is 3.96. The molecule has 5 nitrogen and oxygen atoms in total. The standard InChI is InChI=1S/C15H12BrN3O2/c16-11-3-1-4-12(9-11)21-8-7-19-10-18-14-13(15(19)20)5-2-6-17-14/h1-6,9-10H,7-8H2. The average molecular weight is 346 g/mol. The molecule has 6 heteroatoms. The minimum Gasteiger partial charge on any atom is -0.492 e. The summed E-state index contributed by atoms with van der Waals surface area (Å²) >= 11 is 3.39. The third-order valence-electron chi connectivity index (χ3n) is 2.99. The lowest BCUT2D eigenvalue weighted by molar-refractivity contribution is 0.296. The fourth-order valence-corrected chi connectivity index (χ4v) is 2.35. The van der Waals surface area contributed by atoms with Gasteiger partial charge in [0, 0.05) is 10.7 Å². The van der Waals surface area contributed by atoms with Gasteiger partial charge in [-0.1, -0.05) is 22.0 Å². The molecule has 0 fully saturated rings. The third kappa shape index (κ3) is 3.11. The number of hydrogen-bond acceptors (Lipinski definition) is 4. The van der Waals surface area contributed by atoms with E-state index in [0.717, 1.165) is 10.2 Å². The van der Waals surface area contributed by atoms with Gasteiger partial charge in [-0.25, -0.2) is 9.97 Å². The Bertz CT molecular complexity index is 832. The predicted molar refractivity (Wildman–Crippen MR) is 83.4 cm³/mol. The fourth-order valence-electron chi connectivity index (χ4n) is 1.98. The van der Waals surface area contributed by atoms with Crippen LogP contribution in [0.25, 0.3) is 11.0 Å². The molecule has 0 saturated carbocycles. The van der Waals surface area contributed by atoms with Gasteiger partial charge in [0.25, 0.3) is 5.56 Å². The minimum absolute atomic E-state index is 0.106. The number of hydrogen-bond donors (Lipinski definition) is 0. The Morgan fingerprint density at radius 1 is 1.19 bits per heavy atom. The molecule has 0 unspecified atom stereocenters. The Morgan fingerprint density at radius 2 is 2.10 bits per heavy atom. The number of nitrogens with zero attached hydrogens (tertiary/aromatic N) is 3. The van der Waals surface area contributed by atoms with Gasteiger partial charge in [0.05, 0.1) is 11.9 Å². The van der Waals surface area contributed by atoms with Gasteiger partial charge in [0.15, 0.2) is 5.65 Å². The van der Waals surface area contributed by atoms with Crippen molar-refractivity contribution < 1.29 is 4.74 Å². The second-order valence-electron chi connectivity index (χ2n) is 4.42. The number of aromatic nitrogens is 3. The summed E-state index contributed by atoms with van der Waals surface area (Å²) in [4.78, 5) is 20.5. The Hall–Kier alpha value is -2.21. The van der Waals surface area contributed by atoms with Crippen LogP contribution in [0.1, 0.15) is 0 Å². The Balaban J connectivity index is 1.74. The molecule has 3 rings (SSSR count). The number of halogens is 1. The highest BCUT2D eigenvalue weighted by Gasteiger charge is 2.04. The highest BCUT2D eigenvalue weighted by Crippen LogP contribution is 2.17. The average Bonchev–Trinajstić information content (AvgIpc) is 2.50. The largest absolute Gasteiger partial charge is 0.492 e. The third-order valence-corrected chi connectivity index (χ3v) is 3.49. The maximum absolute atomic E-state index is 12.2. The zero-order valence-electron chi connectivity index (χ0n) is 11.1. The summed E-state index contributed by atoms with van der Waals surface area (Å²) in [6.07, 6.45) is 3.12. The van der Waals surface area contributed by atoms with Gasteiger partial charge in [0.2, 0.25) is 0 Å². The summed E-state index contributed by atoms with van der Waals surface area (Å²) in [5.74, 6) is 0.757. The number of ether oxygens (including phenoxy) is 1. The quantitative estimate of drug-likeness (QED) is 0.729. The van der Waals surface area contributed by atoms with Gasteiger partial charge in [0.1, 0.15) is 18.7 Å². The first-order chi connectivity index (χ1) is 10.2. The van der Waals surface area contributed by atoms with E-state index in [1.165, 1.54) is 10.9 Å². The van der Waals surface area contributed by atoms with Crippen LogP contribution >= 0.6 is 15.9 Å². The van der Waals surface area contributed by atoms with Gasteiger partial charge < -0.3 is 4.74 Å². The number of fused-ring (bicyclic) bond motifs is 1. The first-order valence-electron chi connectivity index (χ1n) is 6.42. The maximum Gasteiger partial charge on any atom is 0.262 e. The van der Waals surface area contributed by atoms with E-state index in [4.69, 9.17) is 4.74 Å². The Morgan fingerprint density at radius 3 is 2.95 bits per heavy atom. The molecule has 0 radical (unpaired) electrons. The molecule has 0 spiro atoms. The second-order valence-corrected chi connectivity index (χ2v) is 5.34. The van der Waals surface area contributed by atoms with Crippen LogP contribution in [-0.4, -0.2) is 21.1 Å². The summed E-state index contributed by atoms with van der Waals surface area (Å²) in [5.41, 5.74) is 0.359. The molecule has 21 heavy (non-hydrogen) atoms. The molecule has 0 atom stereocenters. The van der Waals surface area contributed by atoms with Crippen molar-refractivity contribution in [2.24, 2.45) is 0 Å². The molecular formula is C15H12BrN3O2. The second kappa shape index (κ2) is 6.05. The van der Waals surface area contributed by atoms with E-state index in [1.807, 2.05) is 24.3 Å². The highest BCUT2D eigenvalue weighted by molar-refractivity contribution is 9.10. The molecular weight excluding hydrogens is 334 g/mol. The molecule has 0 N–H and O–H groups in total. The summed E-state index contributed by atoms with van der Waals surface area (Å²) in [6, 6.07) is 11.0. The predicted octanol–water partition coefficient (Wildman–Crippen LogP) is 2.63. The first kappa shape index (κ1) is 13.8. The SMILES string of the molecule is O=c1c2cccnc2ncn1CCOc1cccc(Br)c1. The van der Waals surface area contributed by atoms with Gasteiger partial charge in [-0.15, -0.1) is 0 Å². The van der Waals surface area contributed by atoms with E-state index in [0.29, 0.717) is 24.2 Å². The van der Waals surface area contributed by atoms with Crippen molar-refractivity contribution in [3.8, 4) is 5.75 Å². The molecule has 106 valence electrons. The summed E-state index contributed by atoms with van der Waals surface area (Å²) in [5, 5.41) is 0.516. The highest BCUT2D eigenvalue weighted by atomic mass is 79.9. The van der Waals surface area contributed by atoms with Crippen LogP contribution in [0.4, 0.5) is 0 Å². The lowest BCUT2D eigenvalue weighted by Gasteiger charge is -2.08. The van der Waals surface area contributed by atoms with Crippen molar-refractivity contribution in [2.75, 3.05) is 6.61 Å². The maximum atomic E-state index is 12.2. The van der Waals surface area contributed by atoms with E-state index in [9.17, 15) is 4.79 Å². The number of rotatable bonds is 4. The van der Waals surface area contributed by atoms with Crippen LogP contribution in [0.5, 0.6) is 5.75 Å². The van der Waals surface area contributed by atoms with Gasteiger partial charge in [-0.2, -0.15) is 0 Å². The monoisotopic (exact) mass is 345 g/mol. The van der Waals surface area contributed by atoms with Gasteiger partial charge in [-0.05, 0) is 30.3 Å². The van der Waals surface area contributed by atoms with Crippen LogP contribution in [0, 0.1) is 0 Å². The molecule has 0 aliphatic heterocycles. The molecule has 0 aliphatic carbocycles. The minimum atomic E-state index is -0.106. The summed E-state index contributed by atoms with van der Waals surface area (Å²) in [6.45, 7) is 0.826. The Labute approximate surface area is 129 Å². The van der Waals surface area contributed by atoms with E-state index in [2.05, 4.69) is 25.9 Å². The van der Waals surface area contributed by atoms with E-state index in [1.54, 1.807) is 18.3 Å². The van der Waals surface area contributed by atoms with E-state index in [-0.39, 0.29) is 5.56 Å². The number of pyridine rings is 1. The van der Waals surface area contributed by atoms with E-state index >= 15 is 0 Å². The number of benzene rings is 1. The van der Waals surface area contributed by atoms with Crippen LogP contribution < -0.4 is 10.3 Å². The van der Waals surface area contributed by atoms with E-state index < -0.39 is 0 Å². The molecule has 1 aromatic carbocycles. The zero-order chi connectivity index (χ0) is 14.7. The topological polar surface area (TPSA) is 57.0 Å². The van der Waals surface area contributed by atoms with Crippen molar-refractivity contribution >= 4 is 27.0 Å². The van der Waals surface area contributed by atoms with Crippen LogP contribution in [0.3, 0.4) is 0 Å². The first-order valence-corrected chi connectivity index (χ1v) is 7.22. The van der Waals surface area contributed by atoms with Gasteiger partial charge >= 0.3 is 0 Å². The van der Waals surface area contributed by atoms with Crippen molar-refractivity contribution in [2.45, 2.75) is 6.54 Å². The van der Waals surface area contributed by atoms with Crippen LogP contribution in [-0.2, 0) is 6.54 Å². The van der Waals surface area contributed by atoms with Gasteiger partial charge in [-0.3, -0.25) is 9.36 Å². The molecule has 0 amide bonds. The molecule has 0 bridgehead atoms. The molecule has 2 aromatic heterocycles. The lowest BCUT2D eigenvalue weighted by Crippen LogP contribution is -2.23. The van der Waals surface area contributed by atoms with Crippen LogP contribution in [0.2, 0.25) is 0 Å².